The van der Waals surface area contributed by atoms with E-state index in [1.54, 1.807) is 7.11 Å². The van der Waals surface area contributed by atoms with Crippen LogP contribution in [0.1, 0.15) is 12.8 Å². The molecular formula is C15H23N3O3. The average Bonchev–Trinajstić information content (AvgIpc) is 2.54. The van der Waals surface area contributed by atoms with Crippen molar-refractivity contribution in [3.63, 3.8) is 0 Å². The van der Waals surface area contributed by atoms with Crippen molar-refractivity contribution in [3.8, 4) is 5.75 Å². The highest BCUT2D eigenvalue weighted by molar-refractivity contribution is 5.89. The number of ether oxygens (including phenoxy) is 2. The zero-order valence-electron chi connectivity index (χ0n) is 12.4. The summed E-state index contributed by atoms with van der Waals surface area (Å²) in [4.78, 5) is 14.0. The lowest BCUT2D eigenvalue weighted by Crippen LogP contribution is -2.43. The smallest absolute Gasteiger partial charge is 0.321 e. The molecule has 1 aromatic carbocycles. The molecule has 1 aliphatic heterocycles. The minimum absolute atomic E-state index is 0.0718. The predicted octanol–water partition coefficient (Wildman–Crippen LogP) is 1.67. The Morgan fingerprint density at radius 1 is 1.33 bits per heavy atom. The Morgan fingerprint density at radius 2 is 2.00 bits per heavy atom. The molecule has 0 aliphatic carbocycles. The standard InChI is InChI=1S/C15H23N3O3/c1-20-13-4-2-12(3-5-13)17-15(19)18-9-6-14(7-10-18)21-11-8-16/h2-5,14H,6-11,16H2,1H3,(H,17,19). The summed E-state index contributed by atoms with van der Waals surface area (Å²) in [7, 11) is 1.62. The number of hydrogen-bond donors (Lipinski definition) is 2. The first-order chi connectivity index (χ1) is 10.2. The number of carbonyl (C=O) groups is 1. The zero-order chi connectivity index (χ0) is 15.1. The molecule has 116 valence electrons. The van der Waals surface area contributed by atoms with E-state index >= 15 is 0 Å². The van der Waals surface area contributed by atoms with Gasteiger partial charge in [0.05, 0.1) is 19.8 Å². The molecule has 1 fully saturated rings. The van der Waals surface area contributed by atoms with Gasteiger partial charge in [0.1, 0.15) is 5.75 Å². The number of benzene rings is 1. The summed E-state index contributed by atoms with van der Waals surface area (Å²) in [6.45, 7) is 2.54. The number of carbonyl (C=O) groups excluding carboxylic acids is 1. The number of nitrogens with one attached hydrogen (secondary N) is 1. The van der Waals surface area contributed by atoms with Crippen molar-refractivity contribution < 1.29 is 14.3 Å². The number of rotatable bonds is 5. The number of amides is 2. The van der Waals surface area contributed by atoms with Crippen molar-refractivity contribution in [2.45, 2.75) is 18.9 Å². The highest BCUT2D eigenvalue weighted by atomic mass is 16.5. The molecule has 21 heavy (non-hydrogen) atoms. The van der Waals surface area contributed by atoms with E-state index in [1.807, 2.05) is 29.2 Å². The highest BCUT2D eigenvalue weighted by Gasteiger charge is 2.23. The number of urea groups is 1. The summed E-state index contributed by atoms with van der Waals surface area (Å²) in [5.41, 5.74) is 6.19. The third kappa shape index (κ3) is 4.61. The summed E-state index contributed by atoms with van der Waals surface area (Å²) in [6.07, 6.45) is 1.94. The van der Waals surface area contributed by atoms with Gasteiger partial charge in [-0.05, 0) is 37.1 Å². The van der Waals surface area contributed by atoms with E-state index in [0.717, 1.165) is 24.3 Å². The van der Waals surface area contributed by atoms with Gasteiger partial charge in [-0.1, -0.05) is 0 Å². The van der Waals surface area contributed by atoms with Crippen LogP contribution in [0.25, 0.3) is 0 Å². The van der Waals surface area contributed by atoms with E-state index < -0.39 is 0 Å². The minimum Gasteiger partial charge on any atom is -0.497 e. The van der Waals surface area contributed by atoms with Gasteiger partial charge in [-0.3, -0.25) is 0 Å². The molecule has 3 N–H and O–H groups in total. The fourth-order valence-corrected chi connectivity index (χ4v) is 2.34. The van der Waals surface area contributed by atoms with Gasteiger partial charge in [-0.15, -0.1) is 0 Å². The van der Waals surface area contributed by atoms with Crippen LogP contribution in [0.3, 0.4) is 0 Å². The van der Waals surface area contributed by atoms with Gasteiger partial charge in [0.25, 0.3) is 0 Å². The molecule has 0 radical (unpaired) electrons. The summed E-state index contributed by atoms with van der Waals surface area (Å²) in [5.74, 6) is 0.769. The average molecular weight is 293 g/mol. The van der Waals surface area contributed by atoms with Crippen molar-refractivity contribution in [2.24, 2.45) is 5.73 Å². The van der Waals surface area contributed by atoms with E-state index in [0.29, 0.717) is 26.2 Å². The van der Waals surface area contributed by atoms with Crippen molar-refractivity contribution in [1.29, 1.82) is 0 Å². The van der Waals surface area contributed by atoms with Gasteiger partial charge in [0.15, 0.2) is 0 Å². The second-order valence-corrected chi connectivity index (χ2v) is 5.00. The molecule has 2 amide bonds. The van der Waals surface area contributed by atoms with Crippen LogP contribution in [-0.2, 0) is 4.74 Å². The van der Waals surface area contributed by atoms with Crippen molar-refractivity contribution >= 4 is 11.7 Å². The second-order valence-electron chi connectivity index (χ2n) is 5.00. The van der Waals surface area contributed by atoms with E-state index in [1.165, 1.54) is 0 Å². The molecule has 6 nitrogen and oxygen atoms in total. The van der Waals surface area contributed by atoms with Gasteiger partial charge in [-0.25, -0.2) is 4.79 Å². The summed E-state index contributed by atoms with van der Waals surface area (Å²) >= 11 is 0. The van der Waals surface area contributed by atoms with Gasteiger partial charge in [0.2, 0.25) is 0 Å². The number of hydrogen-bond acceptors (Lipinski definition) is 4. The molecule has 0 unspecified atom stereocenters. The Morgan fingerprint density at radius 3 is 2.57 bits per heavy atom. The SMILES string of the molecule is COc1ccc(NC(=O)N2CCC(OCCN)CC2)cc1. The number of methoxy groups -OCH3 is 1. The lowest BCUT2D eigenvalue weighted by molar-refractivity contribution is 0.0201. The van der Waals surface area contributed by atoms with Crippen LogP contribution in [0.5, 0.6) is 5.75 Å². The van der Waals surface area contributed by atoms with Crippen molar-refractivity contribution in [1.82, 2.24) is 4.90 Å². The molecule has 0 spiro atoms. The number of anilines is 1. The molecule has 2 rings (SSSR count). The van der Waals surface area contributed by atoms with Gasteiger partial charge < -0.3 is 25.4 Å². The molecule has 1 heterocycles. The number of piperidine rings is 1. The van der Waals surface area contributed by atoms with E-state index in [2.05, 4.69) is 5.32 Å². The summed E-state index contributed by atoms with van der Waals surface area (Å²) in [6, 6.07) is 7.23. The number of nitrogens with two attached hydrogens (primary N) is 1. The monoisotopic (exact) mass is 293 g/mol. The Labute approximate surface area is 125 Å². The van der Waals surface area contributed by atoms with Crippen LogP contribution < -0.4 is 15.8 Å². The summed E-state index contributed by atoms with van der Waals surface area (Å²) < 4.78 is 10.7. The number of likely N-dealkylation sites (tertiary alicyclic amines) is 1. The maximum Gasteiger partial charge on any atom is 0.321 e. The minimum atomic E-state index is -0.0718. The second kappa shape index (κ2) is 7.85. The molecule has 1 saturated heterocycles. The lowest BCUT2D eigenvalue weighted by atomic mass is 10.1. The normalized spacial score (nSPS) is 15.8. The first-order valence-corrected chi connectivity index (χ1v) is 7.24. The molecule has 6 heteroatoms. The van der Waals surface area contributed by atoms with Crippen molar-refractivity contribution in [2.75, 3.05) is 38.7 Å². The van der Waals surface area contributed by atoms with Crippen molar-refractivity contribution in [3.05, 3.63) is 24.3 Å². The zero-order valence-corrected chi connectivity index (χ0v) is 12.4. The topological polar surface area (TPSA) is 76.8 Å². The van der Waals surface area contributed by atoms with Crippen LogP contribution in [0.4, 0.5) is 10.5 Å². The Balaban J connectivity index is 1.78. The maximum atomic E-state index is 12.2. The van der Waals surface area contributed by atoms with Crippen LogP contribution in [0, 0.1) is 0 Å². The first kappa shape index (κ1) is 15.6. The quantitative estimate of drug-likeness (QED) is 0.865. The van der Waals surface area contributed by atoms with Gasteiger partial charge >= 0.3 is 6.03 Å². The highest BCUT2D eigenvalue weighted by Crippen LogP contribution is 2.17. The van der Waals surface area contributed by atoms with E-state index in [4.69, 9.17) is 15.2 Å². The van der Waals surface area contributed by atoms with Crippen LogP contribution in [-0.4, -0.2) is 50.4 Å². The molecule has 1 aromatic rings. The van der Waals surface area contributed by atoms with Crippen LogP contribution >= 0.6 is 0 Å². The summed E-state index contributed by atoms with van der Waals surface area (Å²) in [5, 5.41) is 2.89. The lowest BCUT2D eigenvalue weighted by Gasteiger charge is -2.31. The predicted molar refractivity (Wildman–Crippen MR) is 81.6 cm³/mol. The molecular weight excluding hydrogens is 270 g/mol. The maximum absolute atomic E-state index is 12.2. The number of nitrogens with zero attached hydrogens (tertiary/aromatic N) is 1. The molecule has 0 aromatic heterocycles. The third-order valence-electron chi connectivity index (χ3n) is 3.54. The van der Waals surface area contributed by atoms with E-state index in [9.17, 15) is 4.79 Å². The van der Waals surface area contributed by atoms with E-state index in [-0.39, 0.29) is 12.1 Å². The fraction of sp³-hybridized carbons (Fsp3) is 0.533. The third-order valence-corrected chi connectivity index (χ3v) is 3.54. The van der Waals surface area contributed by atoms with Crippen LogP contribution in [0.2, 0.25) is 0 Å². The molecule has 0 atom stereocenters. The molecule has 1 aliphatic rings. The van der Waals surface area contributed by atoms with Gasteiger partial charge in [0, 0.05) is 25.3 Å². The molecule has 0 saturated carbocycles. The molecule has 0 bridgehead atoms. The Kier molecular flexibility index (Phi) is 5.83. The fourth-order valence-electron chi connectivity index (χ4n) is 2.34. The van der Waals surface area contributed by atoms with Crippen LogP contribution in [0.15, 0.2) is 24.3 Å². The Bertz CT molecular complexity index is 442. The van der Waals surface area contributed by atoms with Gasteiger partial charge in [-0.2, -0.15) is 0 Å². The first-order valence-electron chi connectivity index (χ1n) is 7.24. The Hall–Kier alpha value is -1.79. The largest absolute Gasteiger partial charge is 0.497 e.